The molecule has 0 spiro atoms. The van der Waals surface area contributed by atoms with Gasteiger partial charge in [-0.05, 0) is 0 Å². The van der Waals surface area contributed by atoms with Gasteiger partial charge in [0.15, 0.2) is 0 Å². The van der Waals surface area contributed by atoms with Gasteiger partial charge in [0.25, 0.3) is 0 Å². The molecule has 0 fully saturated rings. The summed E-state index contributed by atoms with van der Waals surface area (Å²) in [4.78, 5) is 0. The standard InChI is InChI=1S/Ag.FO2S/c;1-4(2)3/q+1;-1. The summed E-state index contributed by atoms with van der Waals surface area (Å²) >= 11 is -3.36. The second kappa shape index (κ2) is 4.62. The number of rotatable bonds is 0. The molecule has 5 heavy (non-hydrogen) atoms. The number of halogens is 1. The Hall–Kier alpha value is 0.620. The molecule has 0 aliphatic carbocycles. The summed E-state index contributed by atoms with van der Waals surface area (Å²) in [6, 6.07) is 0. The molecule has 5 heteroatoms. The monoisotopic (exact) mass is 190 g/mol. The SMILES string of the molecule is O=[S-](=O)F.[Ag+]. The van der Waals surface area contributed by atoms with E-state index in [-0.39, 0.29) is 22.4 Å². The fraction of sp³-hybridized carbons (Fsp3) is 0. The fourth-order valence-corrected chi connectivity index (χ4v) is 0. The number of hydrogen-bond acceptors (Lipinski definition) is 3. The first-order chi connectivity index (χ1) is 1.73. The molecule has 0 aromatic rings. The molecule has 2 nitrogen and oxygen atoms in total. The Morgan fingerprint density at radius 1 is 1.40 bits per heavy atom. The van der Waals surface area contributed by atoms with Crippen molar-refractivity contribution in [1.82, 2.24) is 0 Å². The predicted molar refractivity (Wildman–Crippen MR) is 9.85 cm³/mol. The van der Waals surface area contributed by atoms with Crippen molar-refractivity contribution in [3.05, 3.63) is 0 Å². The minimum Gasteiger partial charge on any atom is -0.392 e. The molecule has 36 valence electrons. The molecule has 0 aliphatic heterocycles. The average Bonchev–Trinajstić information content (AvgIpc) is 0.811. The van der Waals surface area contributed by atoms with Crippen LogP contribution in [0.1, 0.15) is 0 Å². The minimum atomic E-state index is -3.36. The van der Waals surface area contributed by atoms with E-state index in [9.17, 15) is 3.89 Å². The Balaban J connectivity index is 0. The molecule has 0 amide bonds. The summed E-state index contributed by atoms with van der Waals surface area (Å²) in [5, 5.41) is 0. The van der Waals surface area contributed by atoms with Crippen LogP contribution >= 0.6 is 0 Å². The minimum absolute atomic E-state index is 0. The topological polar surface area (TPSA) is 34.1 Å². The van der Waals surface area contributed by atoms with Gasteiger partial charge in [-0.3, -0.25) is 0 Å². The van der Waals surface area contributed by atoms with Crippen molar-refractivity contribution in [2.45, 2.75) is 0 Å². The Morgan fingerprint density at radius 3 is 1.40 bits per heavy atom. The molecular weight excluding hydrogens is 191 g/mol. The van der Waals surface area contributed by atoms with Crippen LogP contribution in [0.4, 0.5) is 3.89 Å². The maximum absolute atomic E-state index is 9.92. The van der Waals surface area contributed by atoms with Gasteiger partial charge in [0.05, 0.1) is 11.1 Å². The first-order valence-electron chi connectivity index (χ1n) is 0.488. The van der Waals surface area contributed by atoms with Crippen LogP contribution in [0, 0.1) is 0 Å². The molecule has 0 heterocycles. The van der Waals surface area contributed by atoms with Crippen molar-refractivity contribution in [3.63, 3.8) is 0 Å². The molecule has 0 saturated heterocycles. The van der Waals surface area contributed by atoms with Crippen molar-refractivity contribution in [2.75, 3.05) is 0 Å². The fourth-order valence-electron chi connectivity index (χ4n) is 0. The third-order valence-electron chi connectivity index (χ3n) is 0. The van der Waals surface area contributed by atoms with E-state index in [4.69, 9.17) is 8.42 Å². The van der Waals surface area contributed by atoms with Crippen molar-refractivity contribution in [1.29, 1.82) is 0 Å². The van der Waals surface area contributed by atoms with E-state index < -0.39 is 11.1 Å². The molecule has 0 unspecified atom stereocenters. The van der Waals surface area contributed by atoms with E-state index in [1.54, 1.807) is 0 Å². The van der Waals surface area contributed by atoms with E-state index in [2.05, 4.69) is 0 Å². The third kappa shape index (κ3) is 82.5. The Kier molecular flexibility index (Phi) is 8.46. The van der Waals surface area contributed by atoms with Crippen LogP contribution < -0.4 is 0 Å². The van der Waals surface area contributed by atoms with Crippen LogP contribution in [0.2, 0.25) is 0 Å². The summed E-state index contributed by atoms with van der Waals surface area (Å²) in [6.07, 6.45) is 0. The van der Waals surface area contributed by atoms with E-state index in [1.165, 1.54) is 0 Å². The summed E-state index contributed by atoms with van der Waals surface area (Å²) in [7, 11) is 0. The van der Waals surface area contributed by atoms with Crippen LogP contribution in [0.25, 0.3) is 0 Å². The van der Waals surface area contributed by atoms with Gasteiger partial charge in [-0.15, -0.1) is 0 Å². The van der Waals surface area contributed by atoms with Crippen molar-refractivity contribution in [2.24, 2.45) is 0 Å². The van der Waals surface area contributed by atoms with Gasteiger partial charge < -0.3 is 12.3 Å². The van der Waals surface area contributed by atoms with Crippen molar-refractivity contribution >= 4 is 11.1 Å². The van der Waals surface area contributed by atoms with Crippen LogP contribution in [-0.4, -0.2) is 0 Å². The van der Waals surface area contributed by atoms with E-state index in [0.29, 0.717) is 0 Å². The Bertz CT molecular complexity index is 58.0. The second-order valence-electron chi connectivity index (χ2n) is 0.194. The summed E-state index contributed by atoms with van der Waals surface area (Å²) in [5.74, 6) is 0. The maximum atomic E-state index is 9.92. The maximum Gasteiger partial charge on any atom is 1.00 e. The first kappa shape index (κ1) is 9.15. The normalized spacial score (nSPS) is 6.80. The zero-order valence-corrected chi connectivity index (χ0v) is 4.20. The van der Waals surface area contributed by atoms with Gasteiger partial charge in [-0.25, -0.2) is 0 Å². The average molecular weight is 191 g/mol. The molecule has 0 aromatic heterocycles. The molecule has 0 atom stereocenters. The Labute approximate surface area is 46.1 Å². The second-order valence-corrected chi connectivity index (χ2v) is 0.582. The van der Waals surface area contributed by atoms with E-state index in [0.717, 1.165) is 0 Å². The molecular formula is AgFO2S. The third-order valence-corrected chi connectivity index (χ3v) is 0. The molecule has 0 saturated carbocycles. The largest absolute Gasteiger partial charge is 1.00 e. The first-order valence-corrected chi connectivity index (χ1v) is 1.46. The van der Waals surface area contributed by atoms with Gasteiger partial charge in [-0.1, -0.05) is 0 Å². The van der Waals surface area contributed by atoms with Crippen molar-refractivity contribution < 1.29 is 34.7 Å². The number of hydrogen-bond donors (Lipinski definition) is 0. The smallest absolute Gasteiger partial charge is 0.392 e. The molecule has 0 aliphatic rings. The molecule has 0 N–H and O–H groups in total. The van der Waals surface area contributed by atoms with Gasteiger partial charge in [0.2, 0.25) is 0 Å². The summed E-state index contributed by atoms with van der Waals surface area (Å²) in [5.41, 5.74) is 0. The zero-order valence-electron chi connectivity index (χ0n) is 1.90. The van der Waals surface area contributed by atoms with Gasteiger partial charge >= 0.3 is 22.4 Å². The Morgan fingerprint density at radius 2 is 1.40 bits per heavy atom. The van der Waals surface area contributed by atoms with E-state index in [1.807, 2.05) is 0 Å². The van der Waals surface area contributed by atoms with Gasteiger partial charge in [0, 0.05) is 0 Å². The quantitative estimate of drug-likeness (QED) is 0.311. The van der Waals surface area contributed by atoms with E-state index >= 15 is 0 Å². The zero-order chi connectivity index (χ0) is 3.58. The van der Waals surface area contributed by atoms with Crippen LogP contribution in [0.5, 0.6) is 0 Å². The van der Waals surface area contributed by atoms with Gasteiger partial charge in [-0.2, -0.15) is 0 Å². The molecule has 0 radical (unpaired) electrons. The van der Waals surface area contributed by atoms with Crippen LogP contribution in [-0.2, 0) is 41.9 Å². The molecule has 0 rings (SSSR count). The molecule has 0 aromatic carbocycles. The van der Waals surface area contributed by atoms with Gasteiger partial charge in [0.1, 0.15) is 0 Å². The summed E-state index contributed by atoms with van der Waals surface area (Å²) < 4.78 is 26.6. The van der Waals surface area contributed by atoms with Crippen LogP contribution in [0.15, 0.2) is 0 Å². The van der Waals surface area contributed by atoms with Crippen LogP contribution in [0.3, 0.4) is 0 Å². The predicted octanol–water partition coefficient (Wildman–Crippen LogP) is 0.178. The summed E-state index contributed by atoms with van der Waals surface area (Å²) in [6.45, 7) is 0. The van der Waals surface area contributed by atoms with Crippen molar-refractivity contribution in [3.8, 4) is 0 Å². The molecule has 0 bridgehead atoms.